The van der Waals surface area contributed by atoms with E-state index in [0.717, 1.165) is 22.8 Å². The van der Waals surface area contributed by atoms with Gasteiger partial charge in [0.2, 0.25) is 0 Å². The molecule has 92 valence electrons. The van der Waals surface area contributed by atoms with E-state index < -0.39 is 0 Å². The summed E-state index contributed by atoms with van der Waals surface area (Å²) in [5.74, 6) is 0.286. The Morgan fingerprint density at radius 2 is 2.39 bits per heavy atom. The molecule has 1 aromatic carbocycles. The van der Waals surface area contributed by atoms with Gasteiger partial charge in [-0.3, -0.25) is 4.98 Å². The van der Waals surface area contributed by atoms with E-state index in [1.54, 1.807) is 12.3 Å². The first kappa shape index (κ1) is 11.0. The zero-order valence-corrected chi connectivity index (χ0v) is 10.3. The summed E-state index contributed by atoms with van der Waals surface area (Å²) in [7, 11) is 1.38. The molecule has 1 aliphatic rings. The van der Waals surface area contributed by atoms with Gasteiger partial charge in [0.25, 0.3) is 0 Å². The molecule has 0 spiro atoms. The maximum atomic E-state index is 11.8. The van der Waals surface area contributed by atoms with Gasteiger partial charge in [0, 0.05) is 29.8 Å². The van der Waals surface area contributed by atoms with Gasteiger partial charge in [-0.05, 0) is 24.4 Å². The minimum Gasteiger partial charge on any atom is -0.489 e. The topological polar surface area (TPSA) is 48.4 Å². The highest BCUT2D eigenvalue weighted by atomic mass is 16.5. The van der Waals surface area contributed by atoms with Crippen molar-refractivity contribution >= 4 is 16.7 Å². The fourth-order valence-electron chi connectivity index (χ4n) is 2.42. The highest BCUT2D eigenvalue weighted by Gasteiger charge is 2.28. The van der Waals surface area contributed by atoms with E-state index in [0.29, 0.717) is 11.3 Å². The van der Waals surface area contributed by atoms with Gasteiger partial charge in [-0.1, -0.05) is 0 Å². The Balaban J connectivity index is 2.32. The largest absolute Gasteiger partial charge is 0.489 e. The third-order valence-electron chi connectivity index (χ3n) is 3.21. The first-order chi connectivity index (χ1) is 8.70. The number of methoxy groups -OCH3 is 1. The second kappa shape index (κ2) is 3.98. The molecule has 0 fully saturated rings. The lowest BCUT2D eigenvalue weighted by molar-refractivity contribution is 0.0596. The number of pyridine rings is 1. The minimum atomic E-state index is -0.362. The lowest BCUT2D eigenvalue weighted by Gasteiger charge is -2.09. The summed E-state index contributed by atoms with van der Waals surface area (Å²) in [5.41, 5.74) is 1.55. The average molecular weight is 243 g/mol. The SMILES string of the molecule is COC(=O)c1cc2ccncc2c2c1OC(C)C2. The maximum absolute atomic E-state index is 11.8. The number of rotatable bonds is 1. The predicted molar refractivity (Wildman–Crippen MR) is 66.9 cm³/mol. The summed E-state index contributed by atoms with van der Waals surface area (Å²) in [4.78, 5) is 15.9. The van der Waals surface area contributed by atoms with E-state index in [1.165, 1.54) is 7.11 Å². The molecule has 1 atom stereocenters. The second-order valence-electron chi connectivity index (χ2n) is 4.45. The van der Waals surface area contributed by atoms with Crippen molar-refractivity contribution in [3.8, 4) is 5.75 Å². The Labute approximate surface area is 105 Å². The number of aromatic nitrogens is 1. The third kappa shape index (κ3) is 1.53. The molecular weight excluding hydrogens is 230 g/mol. The van der Waals surface area contributed by atoms with Gasteiger partial charge in [-0.25, -0.2) is 4.79 Å². The van der Waals surface area contributed by atoms with Crippen molar-refractivity contribution in [3.05, 3.63) is 35.7 Å². The van der Waals surface area contributed by atoms with E-state index in [4.69, 9.17) is 9.47 Å². The zero-order chi connectivity index (χ0) is 12.7. The molecule has 2 aromatic rings. The number of ether oxygens (including phenoxy) is 2. The molecule has 0 amide bonds. The van der Waals surface area contributed by atoms with Crippen LogP contribution in [0.1, 0.15) is 22.8 Å². The molecule has 0 saturated heterocycles. The van der Waals surface area contributed by atoms with Crippen molar-refractivity contribution < 1.29 is 14.3 Å². The summed E-state index contributed by atoms with van der Waals surface area (Å²) >= 11 is 0. The standard InChI is InChI=1S/C14H13NO3/c1-8-5-10-12-7-15-4-3-9(12)6-11(13(10)18-8)14(16)17-2/h3-4,6-8H,5H2,1-2H3. The minimum absolute atomic E-state index is 0.0780. The number of carbonyl (C=O) groups excluding carboxylic acids is 1. The molecule has 2 heterocycles. The Hall–Kier alpha value is -2.10. The fraction of sp³-hybridized carbons (Fsp3) is 0.286. The quantitative estimate of drug-likeness (QED) is 0.721. The van der Waals surface area contributed by atoms with Crippen LogP contribution >= 0.6 is 0 Å². The number of hydrogen-bond donors (Lipinski definition) is 0. The number of benzene rings is 1. The molecule has 0 N–H and O–H groups in total. The van der Waals surface area contributed by atoms with Gasteiger partial charge in [0.15, 0.2) is 0 Å². The highest BCUT2D eigenvalue weighted by molar-refractivity contribution is 6.00. The van der Waals surface area contributed by atoms with E-state index >= 15 is 0 Å². The second-order valence-corrected chi connectivity index (χ2v) is 4.45. The molecule has 4 nitrogen and oxygen atoms in total. The van der Waals surface area contributed by atoms with Gasteiger partial charge in [-0.15, -0.1) is 0 Å². The molecule has 1 aliphatic heterocycles. The van der Waals surface area contributed by atoms with Crippen LogP contribution < -0.4 is 4.74 Å². The molecule has 0 radical (unpaired) electrons. The Kier molecular flexibility index (Phi) is 2.44. The van der Waals surface area contributed by atoms with Crippen molar-refractivity contribution in [2.24, 2.45) is 0 Å². The van der Waals surface area contributed by atoms with Gasteiger partial charge in [0.1, 0.15) is 17.4 Å². The summed E-state index contributed by atoms with van der Waals surface area (Å²) in [6.07, 6.45) is 4.41. The van der Waals surface area contributed by atoms with Crippen LogP contribution in [-0.2, 0) is 11.2 Å². The highest BCUT2D eigenvalue weighted by Crippen LogP contribution is 2.38. The summed E-state index contributed by atoms with van der Waals surface area (Å²) in [5, 5.41) is 2.03. The van der Waals surface area contributed by atoms with E-state index in [9.17, 15) is 4.79 Å². The summed E-state index contributed by atoms with van der Waals surface area (Å²) < 4.78 is 10.6. The van der Waals surface area contributed by atoms with Gasteiger partial charge < -0.3 is 9.47 Å². The normalized spacial score (nSPS) is 17.3. The molecule has 0 bridgehead atoms. The average Bonchev–Trinajstić information content (AvgIpc) is 2.78. The molecule has 1 unspecified atom stereocenters. The van der Waals surface area contributed by atoms with Crippen LogP contribution in [0.4, 0.5) is 0 Å². The van der Waals surface area contributed by atoms with E-state index in [1.807, 2.05) is 19.2 Å². The van der Waals surface area contributed by atoms with Crippen LogP contribution in [0.15, 0.2) is 24.5 Å². The van der Waals surface area contributed by atoms with E-state index in [2.05, 4.69) is 4.98 Å². The van der Waals surface area contributed by atoms with Crippen molar-refractivity contribution in [1.29, 1.82) is 0 Å². The smallest absolute Gasteiger partial charge is 0.341 e. The molecule has 0 aliphatic carbocycles. The van der Waals surface area contributed by atoms with Crippen LogP contribution in [0.2, 0.25) is 0 Å². The lowest BCUT2D eigenvalue weighted by Crippen LogP contribution is -2.08. The molecule has 1 aromatic heterocycles. The third-order valence-corrected chi connectivity index (χ3v) is 3.21. The Bertz CT molecular complexity index is 636. The van der Waals surface area contributed by atoms with Crippen LogP contribution in [0.5, 0.6) is 5.75 Å². The van der Waals surface area contributed by atoms with Crippen LogP contribution in [0, 0.1) is 0 Å². The Morgan fingerprint density at radius 3 is 3.17 bits per heavy atom. The van der Waals surface area contributed by atoms with Crippen molar-refractivity contribution in [3.63, 3.8) is 0 Å². The first-order valence-corrected chi connectivity index (χ1v) is 5.85. The zero-order valence-electron chi connectivity index (χ0n) is 10.3. The molecular formula is C14H13NO3. The number of hydrogen-bond acceptors (Lipinski definition) is 4. The predicted octanol–water partition coefficient (Wildman–Crippen LogP) is 2.34. The Morgan fingerprint density at radius 1 is 1.56 bits per heavy atom. The number of esters is 1. The number of nitrogens with zero attached hydrogens (tertiary/aromatic N) is 1. The summed E-state index contributed by atoms with van der Waals surface area (Å²) in [6.45, 7) is 1.99. The van der Waals surface area contributed by atoms with E-state index in [-0.39, 0.29) is 12.1 Å². The number of fused-ring (bicyclic) bond motifs is 3. The molecule has 18 heavy (non-hydrogen) atoms. The first-order valence-electron chi connectivity index (χ1n) is 5.85. The molecule has 4 heteroatoms. The van der Waals surface area contributed by atoms with Gasteiger partial charge >= 0.3 is 5.97 Å². The molecule has 0 saturated carbocycles. The van der Waals surface area contributed by atoms with Crippen molar-refractivity contribution in [2.45, 2.75) is 19.4 Å². The monoisotopic (exact) mass is 243 g/mol. The van der Waals surface area contributed by atoms with Crippen molar-refractivity contribution in [2.75, 3.05) is 7.11 Å². The lowest BCUT2D eigenvalue weighted by atomic mass is 9.99. The van der Waals surface area contributed by atoms with Crippen LogP contribution in [-0.4, -0.2) is 24.2 Å². The fourth-order valence-corrected chi connectivity index (χ4v) is 2.42. The van der Waals surface area contributed by atoms with Gasteiger partial charge in [-0.2, -0.15) is 0 Å². The van der Waals surface area contributed by atoms with Crippen molar-refractivity contribution in [1.82, 2.24) is 4.98 Å². The van der Waals surface area contributed by atoms with Crippen LogP contribution in [0.25, 0.3) is 10.8 Å². The van der Waals surface area contributed by atoms with Crippen LogP contribution in [0.3, 0.4) is 0 Å². The maximum Gasteiger partial charge on any atom is 0.341 e. The number of carbonyl (C=O) groups is 1. The molecule has 3 rings (SSSR count). The summed E-state index contributed by atoms with van der Waals surface area (Å²) in [6, 6.07) is 3.70. The van der Waals surface area contributed by atoms with Gasteiger partial charge in [0.05, 0.1) is 7.11 Å².